The Morgan fingerprint density at radius 3 is 2.63 bits per heavy atom. The maximum absolute atomic E-state index is 14.0. The Bertz CT molecular complexity index is 1440. The number of benzene rings is 3. The second-order valence-corrected chi connectivity index (χ2v) is 10.5. The van der Waals surface area contributed by atoms with E-state index in [0.717, 1.165) is 48.3 Å². The molecule has 0 aliphatic carbocycles. The van der Waals surface area contributed by atoms with Crippen LogP contribution in [-0.4, -0.2) is 28.9 Å². The number of amides is 1. The molecule has 3 aromatic carbocycles. The summed E-state index contributed by atoms with van der Waals surface area (Å²) in [7, 11) is 0. The molecule has 1 aromatic heterocycles. The van der Waals surface area contributed by atoms with Gasteiger partial charge in [0.2, 0.25) is 5.91 Å². The molecule has 0 unspecified atom stereocenters. The zero-order valence-electron chi connectivity index (χ0n) is 19.6. The number of para-hydroxylation sites is 1. The molecule has 0 N–H and O–H groups in total. The molecule has 4 aromatic rings. The van der Waals surface area contributed by atoms with E-state index in [-0.39, 0.29) is 11.9 Å². The van der Waals surface area contributed by atoms with Gasteiger partial charge in [0.05, 0.1) is 39.3 Å². The van der Waals surface area contributed by atoms with Gasteiger partial charge in [-0.05, 0) is 66.8 Å². The summed E-state index contributed by atoms with van der Waals surface area (Å²) in [4.78, 5) is 22.9. The number of anilines is 1. The lowest BCUT2D eigenvalue weighted by atomic mass is 9.73. The fraction of sp³-hybridized carbons (Fsp3) is 0.276. The average molecular weight is 479 g/mol. The molecular weight excluding hydrogens is 452 g/mol. The minimum Gasteiger partial charge on any atom is -0.307 e. The highest BCUT2D eigenvalue weighted by Gasteiger charge is 2.52. The van der Waals surface area contributed by atoms with Gasteiger partial charge in [0.1, 0.15) is 0 Å². The Hall–Kier alpha value is -3.53. The second-order valence-electron chi connectivity index (χ2n) is 9.59. The van der Waals surface area contributed by atoms with Crippen molar-refractivity contribution in [2.75, 3.05) is 18.0 Å². The van der Waals surface area contributed by atoms with Gasteiger partial charge >= 0.3 is 0 Å². The molecular formula is C29H26N4OS. The van der Waals surface area contributed by atoms with Crippen molar-refractivity contribution < 1.29 is 4.79 Å². The summed E-state index contributed by atoms with van der Waals surface area (Å²) in [5.41, 5.74) is 7.63. The molecule has 0 bridgehead atoms. The van der Waals surface area contributed by atoms with E-state index in [1.54, 1.807) is 11.3 Å². The molecule has 174 valence electrons. The first-order valence-corrected chi connectivity index (χ1v) is 12.9. The summed E-state index contributed by atoms with van der Waals surface area (Å²) in [6.45, 7) is 4.53. The second kappa shape index (κ2) is 8.60. The lowest BCUT2D eigenvalue weighted by Crippen LogP contribution is -2.49. The number of nitrogens with zero attached hydrogens (tertiary/aromatic N) is 4. The van der Waals surface area contributed by atoms with Crippen LogP contribution >= 0.6 is 11.3 Å². The summed E-state index contributed by atoms with van der Waals surface area (Å²) < 4.78 is 1.22. The first-order chi connectivity index (χ1) is 17.1. The van der Waals surface area contributed by atoms with Gasteiger partial charge in [-0.1, -0.05) is 36.4 Å². The Kier molecular flexibility index (Phi) is 5.40. The number of nitriles is 1. The smallest absolute Gasteiger partial charge is 0.238 e. The summed E-state index contributed by atoms with van der Waals surface area (Å²) in [5, 5.41) is 9.10. The third-order valence-electron chi connectivity index (χ3n) is 7.82. The van der Waals surface area contributed by atoms with Crippen molar-refractivity contribution in [3.8, 4) is 6.07 Å². The van der Waals surface area contributed by atoms with E-state index in [0.29, 0.717) is 12.1 Å². The van der Waals surface area contributed by atoms with Crippen molar-refractivity contribution in [2.24, 2.45) is 0 Å². The zero-order chi connectivity index (χ0) is 24.0. The molecule has 35 heavy (non-hydrogen) atoms. The first kappa shape index (κ1) is 22.0. The van der Waals surface area contributed by atoms with E-state index in [9.17, 15) is 4.79 Å². The number of rotatable bonds is 4. The quantitative estimate of drug-likeness (QED) is 0.371. The van der Waals surface area contributed by atoms with E-state index in [2.05, 4.69) is 59.3 Å². The number of likely N-dealkylation sites (tertiary alicyclic amines) is 1. The molecule has 3 heterocycles. The van der Waals surface area contributed by atoms with Crippen LogP contribution < -0.4 is 4.90 Å². The van der Waals surface area contributed by atoms with Crippen LogP contribution in [0.25, 0.3) is 10.2 Å². The largest absolute Gasteiger partial charge is 0.307 e. The Morgan fingerprint density at radius 1 is 1.09 bits per heavy atom. The summed E-state index contributed by atoms with van der Waals surface area (Å²) in [6, 6.07) is 24.8. The van der Waals surface area contributed by atoms with E-state index in [1.807, 2.05) is 40.7 Å². The topological polar surface area (TPSA) is 60.2 Å². The third kappa shape index (κ3) is 3.63. The molecule has 1 spiro atoms. The predicted octanol–water partition coefficient (Wildman–Crippen LogP) is 5.81. The highest BCUT2D eigenvalue weighted by Crippen LogP contribution is 2.49. The van der Waals surface area contributed by atoms with Gasteiger partial charge < -0.3 is 4.90 Å². The van der Waals surface area contributed by atoms with E-state index >= 15 is 0 Å². The maximum Gasteiger partial charge on any atom is 0.238 e. The van der Waals surface area contributed by atoms with E-state index in [1.165, 1.54) is 10.3 Å². The molecule has 6 heteroatoms. The molecule has 5 nitrogen and oxygen atoms in total. The van der Waals surface area contributed by atoms with Crippen LogP contribution in [0.3, 0.4) is 0 Å². The molecule has 1 atom stereocenters. The monoisotopic (exact) mass is 478 g/mol. The molecule has 1 saturated heterocycles. The summed E-state index contributed by atoms with van der Waals surface area (Å²) in [6.07, 6.45) is 1.63. The molecule has 0 saturated carbocycles. The van der Waals surface area contributed by atoms with Crippen LogP contribution in [0.5, 0.6) is 0 Å². The number of aromatic nitrogens is 1. The molecule has 6 rings (SSSR count). The van der Waals surface area contributed by atoms with Gasteiger partial charge in [-0.3, -0.25) is 9.69 Å². The van der Waals surface area contributed by atoms with Gasteiger partial charge in [-0.25, -0.2) is 4.98 Å². The molecule has 1 amide bonds. The number of hydrogen-bond acceptors (Lipinski definition) is 5. The predicted molar refractivity (Wildman–Crippen MR) is 139 cm³/mol. The lowest BCUT2D eigenvalue weighted by molar-refractivity contribution is -0.125. The number of thiazole rings is 1. The average Bonchev–Trinajstić information content (AvgIpc) is 3.47. The van der Waals surface area contributed by atoms with Crippen LogP contribution in [-0.2, 0) is 16.8 Å². The zero-order valence-corrected chi connectivity index (χ0v) is 20.5. The molecule has 2 aliphatic rings. The molecule has 1 fully saturated rings. The van der Waals surface area contributed by atoms with Crippen molar-refractivity contribution in [3.63, 3.8) is 0 Å². The third-order valence-corrected chi connectivity index (χ3v) is 8.63. The van der Waals surface area contributed by atoms with Gasteiger partial charge in [0, 0.05) is 24.8 Å². The number of piperidine rings is 1. The van der Waals surface area contributed by atoms with Crippen molar-refractivity contribution >= 4 is 33.1 Å². The lowest BCUT2D eigenvalue weighted by Gasteiger charge is -2.41. The standard InChI is InChI=1S/C29H26N4OS/c1-20(23-10-11-27-25(16-23)31-19-35-27)32-14-12-29(13-15-32)24-4-2-3-5-26(24)33(28(29)34)18-22-8-6-21(17-30)7-9-22/h2-11,16,19-20H,12-15,18H2,1H3/t20-/m0/s1. The fourth-order valence-corrected chi connectivity index (χ4v) is 6.40. The Morgan fingerprint density at radius 2 is 1.86 bits per heavy atom. The van der Waals surface area contributed by atoms with Crippen LogP contribution in [0.15, 0.2) is 72.2 Å². The number of hydrogen-bond donors (Lipinski definition) is 0. The van der Waals surface area contributed by atoms with Gasteiger partial charge in [-0.2, -0.15) is 5.26 Å². The van der Waals surface area contributed by atoms with Crippen molar-refractivity contribution in [3.05, 3.63) is 94.5 Å². The van der Waals surface area contributed by atoms with Crippen LogP contribution in [0.2, 0.25) is 0 Å². The first-order valence-electron chi connectivity index (χ1n) is 12.1. The maximum atomic E-state index is 14.0. The van der Waals surface area contributed by atoms with Gasteiger partial charge in [0.15, 0.2) is 0 Å². The highest BCUT2D eigenvalue weighted by atomic mass is 32.1. The highest BCUT2D eigenvalue weighted by molar-refractivity contribution is 7.16. The number of fused-ring (bicyclic) bond motifs is 3. The minimum absolute atomic E-state index is 0.208. The number of carbonyl (C=O) groups excluding carboxylic acids is 1. The Balaban J connectivity index is 1.24. The minimum atomic E-state index is -0.460. The van der Waals surface area contributed by atoms with Crippen LogP contribution in [0.4, 0.5) is 5.69 Å². The van der Waals surface area contributed by atoms with Gasteiger partial charge in [0.25, 0.3) is 0 Å². The number of carbonyl (C=O) groups is 1. The SMILES string of the molecule is C[C@@H](c1ccc2scnc2c1)N1CCC2(CC1)C(=O)N(Cc1ccc(C#N)cc1)c1ccccc12. The summed E-state index contributed by atoms with van der Waals surface area (Å²) >= 11 is 1.67. The molecule has 0 radical (unpaired) electrons. The van der Waals surface area contributed by atoms with Crippen molar-refractivity contribution in [1.82, 2.24) is 9.88 Å². The normalized spacial score (nSPS) is 18.1. The van der Waals surface area contributed by atoms with E-state index in [4.69, 9.17) is 5.26 Å². The summed E-state index contributed by atoms with van der Waals surface area (Å²) in [5.74, 6) is 0.208. The van der Waals surface area contributed by atoms with Crippen LogP contribution in [0, 0.1) is 11.3 Å². The fourth-order valence-electron chi connectivity index (χ4n) is 5.74. The van der Waals surface area contributed by atoms with Crippen molar-refractivity contribution in [1.29, 1.82) is 5.26 Å². The molecule has 2 aliphatic heterocycles. The van der Waals surface area contributed by atoms with Crippen LogP contribution in [0.1, 0.15) is 48.1 Å². The Labute approximate surface area is 209 Å². The van der Waals surface area contributed by atoms with Gasteiger partial charge in [-0.15, -0.1) is 11.3 Å². The van der Waals surface area contributed by atoms with E-state index < -0.39 is 5.41 Å². The van der Waals surface area contributed by atoms with Crippen molar-refractivity contribution in [2.45, 2.75) is 37.8 Å².